The Morgan fingerprint density at radius 1 is 1.24 bits per heavy atom. The molecule has 0 aliphatic heterocycles. The van der Waals surface area contributed by atoms with E-state index in [1.165, 1.54) is 4.57 Å². The van der Waals surface area contributed by atoms with Gasteiger partial charge in [0.2, 0.25) is 0 Å². The van der Waals surface area contributed by atoms with Crippen LogP contribution < -0.4 is 10.3 Å². The van der Waals surface area contributed by atoms with Crippen LogP contribution in [0, 0.1) is 6.92 Å². The summed E-state index contributed by atoms with van der Waals surface area (Å²) in [7, 11) is 1.61. The van der Waals surface area contributed by atoms with Crippen molar-refractivity contribution in [2.45, 2.75) is 19.9 Å². The molecule has 0 atom stereocenters. The van der Waals surface area contributed by atoms with E-state index in [-0.39, 0.29) is 5.56 Å². The van der Waals surface area contributed by atoms with Crippen LogP contribution >= 0.6 is 0 Å². The van der Waals surface area contributed by atoms with Crippen LogP contribution in [0.3, 0.4) is 0 Å². The Labute approximate surface area is 122 Å². The summed E-state index contributed by atoms with van der Waals surface area (Å²) < 4.78 is 6.52. The predicted octanol–water partition coefficient (Wildman–Crippen LogP) is 2.11. The fourth-order valence-corrected chi connectivity index (χ4v) is 2.14. The second-order valence-corrected chi connectivity index (χ2v) is 4.78. The molecule has 0 saturated carbocycles. The zero-order chi connectivity index (χ0) is 15.4. The number of rotatable bonds is 5. The molecule has 1 aromatic heterocycles. The Morgan fingerprint density at radius 3 is 2.48 bits per heavy atom. The van der Waals surface area contributed by atoms with Gasteiger partial charge in [-0.25, -0.2) is 4.79 Å². The molecule has 0 radical (unpaired) electrons. The van der Waals surface area contributed by atoms with Crippen LogP contribution in [0.5, 0.6) is 5.75 Å². The van der Waals surface area contributed by atoms with Gasteiger partial charge in [0.25, 0.3) is 5.56 Å². The number of hydrogen-bond donors (Lipinski definition) is 1. The van der Waals surface area contributed by atoms with Crippen molar-refractivity contribution in [2.75, 3.05) is 7.11 Å². The molecule has 0 unspecified atom stereocenters. The monoisotopic (exact) mass is 287 g/mol. The average molecular weight is 287 g/mol. The van der Waals surface area contributed by atoms with E-state index in [1.54, 1.807) is 26.3 Å². The van der Waals surface area contributed by atoms with E-state index in [0.717, 1.165) is 11.3 Å². The number of aryl methyl sites for hydroxylation is 3. The number of carboxylic acids is 1. The Bertz CT molecular complexity index is 701. The molecule has 5 nitrogen and oxygen atoms in total. The molecule has 0 aliphatic carbocycles. The Hall–Kier alpha value is -2.56. The lowest BCUT2D eigenvalue weighted by molar-refractivity contribution is 0.0693. The molecule has 21 heavy (non-hydrogen) atoms. The minimum absolute atomic E-state index is 0.160. The van der Waals surface area contributed by atoms with Crippen LogP contribution in [0.2, 0.25) is 0 Å². The smallest absolute Gasteiger partial charge is 0.341 e. The number of aromatic carboxylic acids is 1. The van der Waals surface area contributed by atoms with Crippen molar-refractivity contribution in [3.05, 3.63) is 63.6 Å². The molecule has 2 rings (SSSR count). The van der Waals surface area contributed by atoms with E-state index in [0.29, 0.717) is 18.5 Å². The second kappa shape index (κ2) is 6.26. The van der Waals surface area contributed by atoms with Crippen LogP contribution in [0.1, 0.15) is 21.5 Å². The highest BCUT2D eigenvalue weighted by molar-refractivity contribution is 5.88. The normalized spacial score (nSPS) is 10.4. The quantitative estimate of drug-likeness (QED) is 0.914. The minimum atomic E-state index is -1.18. The fourth-order valence-electron chi connectivity index (χ4n) is 2.14. The van der Waals surface area contributed by atoms with Gasteiger partial charge < -0.3 is 14.4 Å². The van der Waals surface area contributed by atoms with Crippen LogP contribution in [0.25, 0.3) is 0 Å². The van der Waals surface area contributed by atoms with E-state index in [9.17, 15) is 9.59 Å². The predicted molar refractivity (Wildman–Crippen MR) is 79.1 cm³/mol. The van der Waals surface area contributed by atoms with Gasteiger partial charge in [0, 0.05) is 12.7 Å². The molecular weight excluding hydrogens is 270 g/mol. The summed E-state index contributed by atoms with van der Waals surface area (Å²) in [4.78, 5) is 23.2. The lowest BCUT2D eigenvalue weighted by Gasteiger charge is -2.09. The molecule has 1 heterocycles. The van der Waals surface area contributed by atoms with E-state index in [4.69, 9.17) is 9.84 Å². The first-order chi connectivity index (χ1) is 10.0. The van der Waals surface area contributed by atoms with Crippen molar-refractivity contribution in [3.8, 4) is 5.75 Å². The third-order valence-electron chi connectivity index (χ3n) is 3.39. The number of carboxylic acid groups (broad SMARTS) is 1. The number of aromatic nitrogens is 1. The maximum absolute atomic E-state index is 12.1. The topological polar surface area (TPSA) is 68.5 Å². The van der Waals surface area contributed by atoms with Gasteiger partial charge in [-0.1, -0.05) is 12.1 Å². The molecule has 0 fully saturated rings. The molecule has 1 aromatic carbocycles. The first-order valence-corrected chi connectivity index (χ1v) is 6.59. The van der Waals surface area contributed by atoms with Gasteiger partial charge in [0.15, 0.2) is 0 Å². The highest BCUT2D eigenvalue weighted by Crippen LogP contribution is 2.12. The summed E-state index contributed by atoms with van der Waals surface area (Å²) in [5.74, 6) is -0.407. The Morgan fingerprint density at radius 2 is 1.90 bits per heavy atom. The maximum atomic E-state index is 12.1. The SMILES string of the molecule is COc1ccc(CCn2ccc(C)c(C(=O)O)c2=O)cc1. The molecular formula is C16H17NO4. The Kier molecular flexibility index (Phi) is 4.42. The van der Waals surface area contributed by atoms with Crippen molar-refractivity contribution in [1.29, 1.82) is 0 Å². The molecule has 0 amide bonds. The molecule has 0 saturated heterocycles. The summed E-state index contributed by atoms with van der Waals surface area (Å²) in [6, 6.07) is 9.22. The zero-order valence-corrected chi connectivity index (χ0v) is 12.0. The minimum Gasteiger partial charge on any atom is -0.497 e. The van der Waals surface area contributed by atoms with Crippen molar-refractivity contribution in [2.24, 2.45) is 0 Å². The van der Waals surface area contributed by atoms with Gasteiger partial charge in [0.05, 0.1) is 7.11 Å². The molecule has 110 valence electrons. The number of methoxy groups -OCH3 is 1. The highest BCUT2D eigenvalue weighted by Gasteiger charge is 2.14. The van der Waals surface area contributed by atoms with Gasteiger partial charge in [0.1, 0.15) is 11.3 Å². The van der Waals surface area contributed by atoms with Crippen molar-refractivity contribution in [1.82, 2.24) is 4.57 Å². The van der Waals surface area contributed by atoms with Gasteiger partial charge in [-0.3, -0.25) is 4.79 Å². The number of hydrogen-bond acceptors (Lipinski definition) is 3. The lowest BCUT2D eigenvalue weighted by Crippen LogP contribution is -2.27. The van der Waals surface area contributed by atoms with Crippen molar-refractivity contribution in [3.63, 3.8) is 0 Å². The number of benzene rings is 1. The maximum Gasteiger partial charge on any atom is 0.341 e. The third-order valence-corrected chi connectivity index (χ3v) is 3.39. The largest absolute Gasteiger partial charge is 0.497 e. The third kappa shape index (κ3) is 3.31. The fraction of sp³-hybridized carbons (Fsp3) is 0.250. The number of ether oxygens (including phenoxy) is 1. The lowest BCUT2D eigenvalue weighted by atomic mass is 10.1. The van der Waals surface area contributed by atoms with Crippen LogP contribution in [-0.4, -0.2) is 22.8 Å². The van der Waals surface area contributed by atoms with Crippen molar-refractivity contribution < 1.29 is 14.6 Å². The number of nitrogens with zero attached hydrogens (tertiary/aromatic N) is 1. The van der Waals surface area contributed by atoms with Crippen molar-refractivity contribution >= 4 is 5.97 Å². The van der Waals surface area contributed by atoms with E-state index >= 15 is 0 Å². The first-order valence-electron chi connectivity index (χ1n) is 6.59. The van der Waals surface area contributed by atoms with Gasteiger partial charge in [-0.15, -0.1) is 0 Å². The van der Waals surface area contributed by atoms with E-state index < -0.39 is 11.5 Å². The summed E-state index contributed by atoms with van der Waals surface area (Å²) in [6.07, 6.45) is 2.28. The molecule has 0 bridgehead atoms. The molecule has 0 spiro atoms. The summed E-state index contributed by atoms with van der Waals surface area (Å²) >= 11 is 0. The van der Waals surface area contributed by atoms with Crippen LogP contribution in [0.15, 0.2) is 41.3 Å². The molecule has 0 aliphatic rings. The van der Waals surface area contributed by atoms with E-state index in [1.807, 2.05) is 24.3 Å². The standard InChI is InChI=1S/C16H17NO4/c1-11-7-9-17(15(18)14(11)16(19)20)10-8-12-3-5-13(21-2)6-4-12/h3-7,9H,8,10H2,1-2H3,(H,19,20). The second-order valence-electron chi connectivity index (χ2n) is 4.78. The molecule has 2 aromatic rings. The molecule has 5 heteroatoms. The van der Waals surface area contributed by atoms with Gasteiger partial charge >= 0.3 is 5.97 Å². The van der Waals surface area contributed by atoms with E-state index in [2.05, 4.69) is 0 Å². The zero-order valence-electron chi connectivity index (χ0n) is 12.0. The number of carbonyl (C=O) groups is 1. The summed E-state index contributed by atoms with van der Waals surface area (Å²) in [5, 5.41) is 9.09. The highest BCUT2D eigenvalue weighted by atomic mass is 16.5. The summed E-state index contributed by atoms with van der Waals surface area (Å²) in [6.45, 7) is 2.06. The number of pyridine rings is 1. The summed E-state index contributed by atoms with van der Waals surface area (Å²) in [5.41, 5.74) is 0.914. The van der Waals surface area contributed by atoms with Gasteiger partial charge in [-0.2, -0.15) is 0 Å². The Balaban J connectivity index is 2.18. The van der Waals surface area contributed by atoms with Crippen LogP contribution in [-0.2, 0) is 13.0 Å². The first kappa shape index (κ1) is 14.8. The molecule has 1 N–H and O–H groups in total. The average Bonchev–Trinajstić information content (AvgIpc) is 2.46. The van der Waals surface area contributed by atoms with Crippen LogP contribution in [0.4, 0.5) is 0 Å². The van der Waals surface area contributed by atoms with Gasteiger partial charge in [-0.05, 0) is 42.7 Å².